The van der Waals surface area contributed by atoms with Crippen LogP contribution in [-0.2, 0) is 14.8 Å². The monoisotopic (exact) mass is 374 g/mol. The van der Waals surface area contributed by atoms with Crippen LogP contribution in [-0.4, -0.2) is 26.6 Å². The first-order chi connectivity index (χ1) is 12.2. The van der Waals surface area contributed by atoms with E-state index < -0.39 is 16.1 Å². The van der Waals surface area contributed by atoms with Gasteiger partial charge in [-0.3, -0.25) is 9.10 Å². The molecule has 0 heterocycles. The summed E-state index contributed by atoms with van der Waals surface area (Å²) in [7, 11) is -3.62. The lowest BCUT2D eigenvalue weighted by atomic mass is 10.1. The van der Waals surface area contributed by atoms with Crippen molar-refractivity contribution in [3.63, 3.8) is 0 Å². The summed E-state index contributed by atoms with van der Waals surface area (Å²) in [5.74, 6) is -0.309. The molecule has 6 heteroatoms. The zero-order valence-corrected chi connectivity index (χ0v) is 16.5. The largest absolute Gasteiger partial charge is 0.348 e. The van der Waals surface area contributed by atoms with Gasteiger partial charge in [-0.1, -0.05) is 49.4 Å². The van der Waals surface area contributed by atoms with Crippen LogP contribution in [0.25, 0.3) is 0 Å². The Morgan fingerprint density at radius 1 is 1.12 bits per heavy atom. The van der Waals surface area contributed by atoms with E-state index in [0.29, 0.717) is 12.1 Å². The van der Waals surface area contributed by atoms with Crippen molar-refractivity contribution >= 4 is 21.6 Å². The average molecular weight is 375 g/mol. The third kappa shape index (κ3) is 4.85. The van der Waals surface area contributed by atoms with Crippen molar-refractivity contribution in [2.45, 2.75) is 39.3 Å². The van der Waals surface area contributed by atoms with E-state index in [1.165, 1.54) is 4.31 Å². The normalized spacial score (nSPS) is 13.7. The molecule has 0 aliphatic heterocycles. The molecule has 5 nitrogen and oxygen atoms in total. The minimum atomic E-state index is -3.62. The van der Waals surface area contributed by atoms with Gasteiger partial charge in [0.15, 0.2) is 0 Å². The lowest BCUT2D eigenvalue weighted by molar-refractivity contribution is -0.122. The predicted molar refractivity (Wildman–Crippen MR) is 106 cm³/mol. The number of rotatable bonds is 7. The van der Waals surface area contributed by atoms with Crippen LogP contribution in [0.3, 0.4) is 0 Å². The van der Waals surface area contributed by atoms with Crippen molar-refractivity contribution in [1.82, 2.24) is 5.32 Å². The van der Waals surface area contributed by atoms with E-state index in [4.69, 9.17) is 0 Å². The maximum atomic E-state index is 12.9. The second kappa shape index (κ2) is 8.36. The van der Waals surface area contributed by atoms with Crippen LogP contribution < -0.4 is 9.62 Å². The number of amides is 1. The molecule has 2 aromatic rings. The Balaban J connectivity index is 2.31. The lowest BCUT2D eigenvalue weighted by Gasteiger charge is -2.31. The molecule has 0 saturated carbocycles. The molecule has 0 unspecified atom stereocenters. The number of anilines is 1. The van der Waals surface area contributed by atoms with E-state index in [9.17, 15) is 13.2 Å². The smallest absolute Gasteiger partial charge is 0.244 e. The summed E-state index contributed by atoms with van der Waals surface area (Å²) in [4.78, 5) is 12.9. The molecule has 0 aliphatic carbocycles. The van der Waals surface area contributed by atoms with Crippen molar-refractivity contribution in [1.29, 1.82) is 0 Å². The molecule has 2 rings (SSSR count). The van der Waals surface area contributed by atoms with Crippen molar-refractivity contribution < 1.29 is 13.2 Å². The molecule has 0 fully saturated rings. The Morgan fingerprint density at radius 2 is 1.77 bits per heavy atom. The molecule has 2 atom stereocenters. The van der Waals surface area contributed by atoms with Gasteiger partial charge in [0.25, 0.3) is 0 Å². The highest BCUT2D eigenvalue weighted by molar-refractivity contribution is 7.92. The van der Waals surface area contributed by atoms with E-state index in [0.717, 1.165) is 17.4 Å². The molecule has 0 saturated heterocycles. The SMILES string of the molecule is CC[C@@H](C(=O)N[C@@H](C)c1ccccc1)N(c1cccc(C)c1)S(C)(=O)=O. The number of nitrogens with zero attached hydrogens (tertiary/aromatic N) is 1. The van der Waals surface area contributed by atoms with Gasteiger partial charge >= 0.3 is 0 Å². The lowest BCUT2D eigenvalue weighted by Crippen LogP contribution is -2.49. The minimum absolute atomic E-state index is 0.211. The fourth-order valence-corrected chi connectivity index (χ4v) is 4.16. The number of carbonyl (C=O) groups is 1. The molecule has 140 valence electrons. The number of carbonyl (C=O) groups excluding carboxylic acids is 1. The first-order valence-electron chi connectivity index (χ1n) is 8.65. The van der Waals surface area contributed by atoms with Crippen molar-refractivity contribution in [2.24, 2.45) is 0 Å². The van der Waals surface area contributed by atoms with E-state index >= 15 is 0 Å². The van der Waals surface area contributed by atoms with Crippen LogP contribution in [0.1, 0.15) is 37.4 Å². The number of sulfonamides is 1. The fraction of sp³-hybridized carbons (Fsp3) is 0.350. The number of hydrogen-bond donors (Lipinski definition) is 1. The first-order valence-corrected chi connectivity index (χ1v) is 10.5. The van der Waals surface area contributed by atoms with Gasteiger partial charge in [0.1, 0.15) is 6.04 Å². The highest BCUT2D eigenvalue weighted by Gasteiger charge is 2.32. The maximum Gasteiger partial charge on any atom is 0.244 e. The van der Waals surface area contributed by atoms with Gasteiger partial charge in [-0.25, -0.2) is 8.42 Å². The molecule has 0 aromatic heterocycles. The molecule has 0 bridgehead atoms. The van der Waals surface area contributed by atoms with Gasteiger partial charge in [0.2, 0.25) is 15.9 Å². The Hall–Kier alpha value is -2.34. The zero-order chi connectivity index (χ0) is 19.3. The molecular weight excluding hydrogens is 348 g/mol. The number of hydrogen-bond acceptors (Lipinski definition) is 3. The molecule has 1 amide bonds. The van der Waals surface area contributed by atoms with Gasteiger partial charge < -0.3 is 5.32 Å². The highest BCUT2D eigenvalue weighted by atomic mass is 32.2. The summed E-state index contributed by atoms with van der Waals surface area (Å²) in [5.41, 5.74) is 2.41. The van der Waals surface area contributed by atoms with Crippen LogP contribution in [0, 0.1) is 6.92 Å². The molecule has 0 spiro atoms. The maximum absolute atomic E-state index is 12.9. The van der Waals surface area contributed by atoms with Gasteiger partial charge in [0.05, 0.1) is 18.0 Å². The predicted octanol–water partition coefficient (Wildman–Crippen LogP) is 3.42. The van der Waals surface area contributed by atoms with E-state index in [-0.39, 0.29) is 11.9 Å². The van der Waals surface area contributed by atoms with Gasteiger partial charge in [-0.2, -0.15) is 0 Å². The van der Waals surface area contributed by atoms with Crippen LogP contribution in [0.15, 0.2) is 54.6 Å². The minimum Gasteiger partial charge on any atom is -0.348 e. The van der Waals surface area contributed by atoms with Crippen LogP contribution >= 0.6 is 0 Å². The highest BCUT2D eigenvalue weighted by Crippen LogP contribution is 2.24. The van der Waals surface area contributed by atoms with Crippen LogP contribution in [0.5, 0.6) is 0 Å². The van der Waals surface area contributed by atoms with E-state index in [2.05, 4.69) is 5.32 Å². The van der Waals surface area contributed by atoms with Crippen LogP contribution in [0.2, 0.25) is 0 Å². The van der Waals surface area contributed by atoms with Gasteiger partial charge in [0, 0.05) is 0 Å². The van der Waals surface area contributed by atoms with E-state index in [1.807, 2.05) is 57.2 Å². The summed E-state index contributed by atoms with van der Waals surface area (Å²) >= 11 is 0. The Morgan fingerprint density at radius 3 is 2.31 bits per heavy atom. The van der Waals surface area contributed by atoms with Crippen molar-refractivity contribution in [3.8, 4) is 0 Å². The Labute approximate surface area is 156 Å². The van der Waals surface area contributed by atoms with E-state index in [1.54, 1.807) is 18.2 Å². The third-order valence-corrected chi connectivity index (χ3v) is 5.42. The average Bonchev–Trinajstić information content (AvgIpc) is 2.58. The summed E-state index contributed by atoms with van der Waals surface area (Å²) in [6, 6.07) is 15.7. The summed E-state index contributed by atoms with van der Waals surface area (Å²) in [6.07, 6.45) is 1.50. The van der Waals surface area contributed by atoms with Crippen molar-refractivity contribution in [2.75, 3.05) is 10.6 Å². The molecular formula is C20H26N2O3S. The first kappa shape index (κ1) is 20.0. The summed E-state index contributed by atoms with van der Waals surface area (Å²) < 4.78 is 26.1. The third-order valence-electron chi connectivity index (χ3n) is 4.24. The van der Waals surface area contributed by atoms with Crippen molar-refractivity contribution in [3.05, 3.63) is 65.7 Å². The quantitative estimate of drug-likeness (QED) is 0.807. The number of benzene rings is 2. The number of aryl methyl sites for hydroxylation is 1. The zero-order valence-electron chi connectivity index (χ0n) is 15.6. The molecule has 2 aromatic carbocycles. The fourth-order valence-electron chi connectivity index (χ4n) is 2.96. The molecule has 26 heavy (non-hydrogen) atoms. The summed E-state index contributed by atoms with van der Waals surface area (Å²) in [5, 5.41) is 2.94. The van der Waals surface area contributed by atoms with Gasteiger partial charge in [-0.15, -0.1) is 0 Å². The second-order valence-electron chi connectivity index (χ2n) is 6.46. The topological polar surface area (TPSA) is 66.5 Å². The molecule has 1 N–H and O–H groups in total. The molecule has 0 aliphatic rings. The standard InChI is InChI=1S/C20H26N2O3S/c1-5-19(20(23)21-16(3)17-11-7-6-8-12-17)22(26(4,24)25)18-13-9-10-15(2)14-18/h6-14,16,19H,5H2,1-4H3,(H,21,23)/t16-,19-/m0/s1. The van der Waals surface area contributed by atoms with Gasteiger partial charge in [-0.05, 0) is 43.5 Å². The number of nitrogens with one attached hydrogen (secondary N) is 1. The summed E-state index contributed by atoms with van der Waals surface area (Å²) in [6.45, 7) is 5.59. The Kier molecular flexibility index (Phi) is 6.42. The molecule has 0 radical (unpaired) electrons. The van der Waals surface area contributed by atoms with Crippen LogP contribution in [0.4, 0.5) is 5.69 Å². The second-order valence-corrected chi connectivity index (χ2v) is 8.32. The Bertz CT molecular complexity index is 850.